The topological polar surface area (TPSA) is 60.2 Å². The molecule has 6 heteroatoms. The maximum Gasteiger partial charge on any atom is 0.185 e. The molecular formula is C11H10ClNO2S2. The minimum absolute atomic E-state index is 0.0313. The van der Waals surface area contributed by atoms with Gasteiger partial charge in [-0.05, 0) is 29.6 Å². The Labute approximate surface area is 109 Å². The summed E-state index contributed by atoms with van der Waals surface area (Å²) in [5.74, 6) is -0.0313. The monoisotopic (exact) mass is 287 g/mol. The van der Waals surface area contributed by atoms with Crippen LogP contribution in [0.25, 0.3) is 0 Å². The third kappa shape index (κ3) is 2.80. The Morgan fingerprint density at radius 1 is 1.29 bits per heavy atom. The second kappa shape index (κ2) is 4.68. The molecule has 1 aromatic heterocycles. The number of nitrogen functional groups attached to an aromatic ring is 1. The molecule has 0 saturated heterocycles. The number of anilines is 1. The fraction of sp³-hybridized carbons (Fsp3) is 0.0909. The number of hydrogen-bond acceptors (Lipinski definition) is 4. The van der Waals surface area contributed by atoms with Crippen LogP contribution in [0.2, 0.25) is 5.02 Å². The molecule has 0 fully saturated rings. The molecule has 0 aliphatic heterocycles. The van der Waals surface area contributed by atoms with Crippen LogP contribution >= 0.6 is 22.9 Å². The van der Waals surface area contributed by atoms with Gasteiger partial charge in [0.15, 0.2) is 9.84 Å². The zero-order valence-electron chi connectivity index (χ0n) is 8.76. The minimum atomic E-state index is -3.40. The van der Waals surface area contributed by atoms with Crippen molar-refractivity contribution >= 4 is 38.5 Å². The smallest absolute Gasteiger partial charge is 0.185 e. The van der Waals surface area contributed by atoms with Gasteiger partial charge in [-0.2, -0.15) is 0 Å². The van der Waals surface area contributed by atoms with Crippen molar-refractivity contribution in [1.29, 1.82) is 0 Å². The fourth-order valence-electron chi connectivity index (χ4n) is 1.46. The number of rotatable bonds is 3. The number of sulfone groups is 1. The quantitative estimate of drug-likeness (QED) is 0.883. The van der Waals surface area contributed by atoms with Crippen molar-refractivity contribution < 1.29 is 8.42 Å². The van der Waals surface area contributed by atoms with E-state index in [0.717, 1.165) is 4.88 Å². The van der Waals surface area contributed by atoms with Gasteiger partial charge in [0.1, 0.15) is 0 Å². The zero-order chi connectivity index (χ0) is 12.5. The maximum atomic E-state index is 12.1. The van der Waals surface area contributed by atoms with Crippen LogP contribution in [0.3, 0.4) is 0 Å². The summed E-state index contributed by atoms with van der Waals surface area (Å²) in [5.41, 5.74) is 5.87. The summed E-state index contributed by atoms with van der Waals surface area (Å²) < 4.78 is 24.2. The van der Waals surface area contributed by atoms with Crippen molar-refractivity contribution in [2.24, 2.45) is 0 Å². The van der Waals surface area contributed by atoms with Crippen molar-refractivity contribution in [3.8, 4) is 0 Å². The molecule has 0 amide bonds. The molecule has 2 N–H and O–H groups in total. The van der Waals surface area contributed by atoms with E-state index in [1.54, 1.807) is 6.07 Å². The highest BCUT2D eigenvalue weighted by Crippen LogP contribution is 2.26. The van der Waals surface area contributed by atoms with E-state index in [-0.39, 0.29) is 16.3 Å². The molecule has 0 bridgehead atoms. The molecule has 17 heavy (non-hydrogen) atoms. The second-order valence-electron chi connectivity index (χ2n) is 3.52. The van der Waals surface area contributed by atoms with Gasteiger partial charge in [-0.1, -0.05) is 17.7 Å². The standard InChI is InChI=1S/C11H10ClNO2S2/c12-8-3-4-11(10(13)6-8)17(14,15)7-9-2-1-5-16-9/h1-6H,7,13H2. The first-order chi connectivity index (χ1) is 7.99. The van der Waals surface area contributed by atoms with Gasteiger partial charge >= 0.3 is 0 Å². The lowest BCUT2D eigenvalue weighted by Gasteiger charge is -2.06. The molecule has 2 aromatic rings. The average molecular weight is 288 g/mol. The summed E-state index contributed by atoms with van der Waals surface area (Å²) in [7, 11) is -3.40. The second-order valence-corrected chi connectivity index (χ2v) is 6.95. The van der Waals surface area contributed by atoms with Crippen molar-refractivity contribution in [2.45, 2.75) is 10.6 Å². The predicted molar refractivity (Wildman–Crippen MR) is 71.1 cm³/mol. The summed E-state index contributed by atoms with van der Waals surface area (Å²) in [5, 5.41) is 2.27. The van der Waals surface area contributed by atoms with Gasteiger partial charge in [0.05, 0.1) is 16.3 Å². The third-order valence-corrected chi connectivity index (χ3v) is 5.25. The van der Waals surface area contributed by atoms with Crippen LogP contribution in [0.15, 0.2) is 40.6 Å². The highest BCUT2D eigenvalue weighted by molar-refractivity contribution is 7.91. The van der Waals surface area contributed by atoms with E-state index >= 15 is 0 Å². The summed E-state index contributed by atoms with van der Waals surface area (Å²) in [4.78, 5) is 0.926. The zero-order valence-corrected chi connectivity index (χ0v) is 11.1. The Morgan fingerprint density at radius 3 is 2.65 bits per heavy atom. The van der Waals surface area contributed by atoms with Crippen molar-refractivity contribution in [3.63, 3.8) is 0 Å². The lowest BCUT2D eigenvalue weighted by atomic mass is 10.3. The van der Waals surface area contributed by atoms with E-state index < -0.39 is 9.84 Å². The van der Waals surface area contributed by atoms with Gasteiger partial charge in [0, 0.05) is 9.90 Å². The summed E-state index contributed by atoms with van der Waals surface area (Å²) in [6.07, 6.45) is 0. The first-order valence-corrected chi connectivity index (χ1v) is 7.70. The van der Waals surface area contributed by atoms with E-state index in [1.165, 1.54) is 29.5 Å². The van der Waals surface area contributed by atoms with Gasteiger partial charge in [-0.25, -0.2) is 8.42 Å². The van der Waals surface area contributed by atoms with Crippen LogP contribution in [0.1, 0.15) is 4.88 Å². The van der Waals surface area contributed by atoms with Gasteiger partial charge in [-0.15, -0.1) is 11.3 Å². The Kier molecular flexibility index (Phi) is 3.42. The molecule has 0 aliphatic rings. The molecule has 1 heterocycles. The van der Waals surface area contributed by atoms with Crippen LogP contribution in [0.5, 0.6) is 0 Å². The lowest BCUT2D eigenvalue weighted by Crippen LogP contribution is -2.07. The normalized spacial score (nSPS) is 11.6. The number of hydrogen-bond donors (Lipinski definition) is 1. The Hall–Kier alpha value is -1.04. The minimum Gasteiger partial charge on any atom is -0.398 e. The molecule has 2 rings (SSSR count). The van der Waals surface area contributed by atoms with Crippen molar-refractivity contribution in [2.75, 3.05) is 5.73 Å². The summed E-state index contributed by atoms with van der Waals surface area (Å²) in [6.45, 7) is 0. The van der Waals surface area contributed by atoms with Crippen LogP contribution < -0.4 is 5.73 Å². The van der Waals surface area contributed by atoms with Crippen LogP contribution in [-0.4, -0.2) is 8.42 Å². The van der Waals surface area contributed by atoms with E-state index in [2.05, 4.69) is 0 Å². The lowest BCUT2D eigenvalue weighted by molar-refractivity contribution is 0.596. The predicted octanol–water partition coefficient (Wildman–Crippen LogP) is 2.96. The molecule has 90 valence electrons. The summed E-state index contributed by atoms with van der Waals surface area (Å²) in [6, 6.07) is 8.03. The molecule has 0 saturated carbocycles. The Morgan fingerprint density at radius 2 is 2.06 bits per heavy atom. The van der Waals surface area contributed by atoms with Gasteiger partial charge in [-0.3, -0.25) is 0 Å². The van der Waals surface area contributed by atoms with Crippen LogP contribution in [0, 0.1) is 0 Å². The van der Waals surface area contributed by atoms with Gasteiger partial charge in [0.2, 0.25) is 0 Å². The first-order valence-electron chi connectivity index (χ1n) is 4.79. The first kappa shape index (κ1) is 12.4. The number of nitrogens with two attached hydrogens (primary N) is 1. The van der Waals surface area contributed by atoms with Gasteiger partial charge in [0.25, 0.3) is 0 Å². The molecule has 0 unspecified atom stereocenters. The van der Waals surface area contributed by atoms with Crippen molar-refractivity contribution in [1.82, 2.24) is 0 Å². The van der Waals surface area contributed by atoms with E-state index in [1.807, 2.05) is 11.4 Å². The van der Waals surface area contributed by atoms with E-state index in [9.17, 15) is 8.42 Å². The molecule has 3 nitrogen and oxygen atoms in total. The van der Waals surface area contributed by atoms with E-state index in [0.29, 0.717) is 5.02 Å². The molecule has 1 aromatic carbocycles. The number of benzene rings is 1. The number of halogens is 1. The molecule has 0 radical (unpaired) electrons. The Bertz CT molecular complexity index is 621. The third-order valence-electron chi connectivity index (χ3n) is 2.22. The SMILES string of the molecule is Nc1cc(Cl)ccc1S(=O)(=O)Cc1cccs1. The van der Waals surface area contributed by atoms with Crippen LogP contribution in [0.4, 0.5) is 5.69 Å². The number of thiophene rings is 1. The Balaban J connectivity index is 2.38. The fourth-order valence-corrected chi connectivity index (χ4v) is 4.19. The molecule has 0 spiro atoms. The van der Waals surface area contributed by atoms with Gasteiger partial charge < -0.3 is 5.73 Å². The molecular weight excluding hydrogens is 278 g/mol. The maximum absolute atomic E-state index is 12.1. The molecule has 0 aliphatic carbocycles. The highest BCUT2D eigenvalue weighted by atomic mass is 35.5. The highest BCUT2D eigenvalue weighted by Gasteiger charge is 2.18. The molecule has 0 atom stereocenters. The largest absolute Gasteiger partial charge is 0.398 e. The van der Waals surface area contributed by atoms with E-state index in [4.69, 9.17) is 17.3 Å². The van der Waals surface area contributed by atoms with Crippen molar-refractivity contribution in [3.05, 3.63) is 45.6 Å². The average Bonchev–Trinajstić information content (AvgIpc) is 2.68. The summed E-state index contributed by atoms with van der Waals surface area (Å²) >= 11 is 7.14. The van der Waals surface area contributed by atoms with Crippen LogP contribution in [-0.2, 0) is 15.6 Å².